The number of guanidine groups is 1. The quantitative estimate of drug-likeness (QED) is 0.766. The van der Waals surface area contributed by atoms with Gasteiger partial charge in [-0.3, -0.25) is 4.99 Å². The summed E-state index contributed by atoms with van der Waals surface area (Å²) in [6.45, 7) is 6.78. The van der Waals surface area contributed by atoms with Crippen LogP contribution in [0, 0.1) is 9.49 Å². The Morgan fingerprint density at radius 1 is 1.32 bits per heavy atom. The van der Waals surface area contributed by atoms with E-state index in [0.717, 1.165) is 31.3 Å². The van der Waals surface area contributed by atoms with Crippen molar-refractivity contribution in [3.63, 3.8) is 0 Å². The van der Waals surface area contributed by atoms with Crippen LogP contribution in [0.2, 0.25) is 0 Å². The van der Waals surface area contributed by atoms with Gasteiger partial charge in [0.05, 0.1) is 12.6 Å². The lowest BCUT2D eigenvalue weighted by molar-refractivity contribution is 0.209. The van der Waals surface area contributed by atoms with Crippen LogP contribution in [0.3, 0.4) is 0 Å². The number of piperidine rings is 1. The highest BCUT2D eigenvalue weighted by atomic mass is 127. The number of hydrogen-bond donors (Lipinski definition) is 1. The molecule has 1 saturated heterocycles. The molecule has 0 aliphatic carbocycles. The molecule has 1 aromatic carbocycles. The highest BCUT2D eigenvalue weighted by molar-refractivity contribution is 14.1. The van der Waals surface area contributed by atoms with Crippen molar-refractivity contribution >= 4 is 28.6 Å². The molecule has 0 aromatic heterocycles. The van der Waals surface area contributed by atoms with E-state index in [4.69, 9.17) is 4.99 Å². The van der Waals surface area contributed by atoms with Crippen molar-refractivity contribution < 1.29 is 0 Å². The molecule has 0 saturated carbocycles. The summed E-state index contributed by atoms with van der Waals surface area (Å²) in [5, 5.41) is 3.65. The summed E-state index contributed by atoms with van der Waals surface area (Å²) in [6.07, 6.45) is 4.92. The number of nitrogens with one attached hydrogen (secondary N) is 1. The first-order valence-corrected chi connectivity index (χ1v) is 9.52. The molecular weight excluding hydrogens is 385 g/mol. The van der Waals surface area contributed by atoms with E-state index in [0.29, 0.717) is 12.1 Å². The fourth-order valence-corrected chi connectivity index (χ4v) is 3.76. The van der Waals surface area contributed by atoms with E-state index in [1.54, 1.807) is 0 Å². The van der Waals surface area contributed by atoms with E-state index in [-0.39, 0.29) is 0 Å². The van der Waals surface area contributed by atoms with Gasteiger partial charge in [0.1, 0.15) is 0 Å². The summed E-state index contributed by atoms with van der Waals surface area (Å²) in [6, 6.07) is 9.98. The minimum atomic E-state index is 0.467. The lowest BCUT2D eigenvalue weighted by atomic mass is 9.95. The highest BCUT2D eigenvalue weighted by Crippen LogP contribution is 2.25. The zero-order valence-corrected chi connectivity index (χ0v) is 15.7. The average Bonchev–Trinajstić information content (AvgIpc) is 2.89. The summed E-state index contributed by atoms with van der Waals surface area (Å²) >= 11 is 2.36. The van der Waals surface area contributed by atoms with Gasteiger partial charge in [0.15, 0.2) is 5.96 Å². The molecule has 2 aliphatic rings. The fraction of sp³-hybridized carbons (Fsp3) is 0.611. The number of aryl methyl sites for hydroxylation is 1. The van der Waals surface area contributed by atoms with Gasteiger partial charge in [-0.1, -0.05) is 19.1 Å². The number of nitrogens with zero attached hydrogens (tertiary/aromatic N) is 2. The number of aliphatic imine (C=N–C) groups is 1. The number of halogens is 1. The molecule has 22 heavy (non-hydrogen) atoms. The second-order valence-electron chi connectivity index (χ2n) is 6.86. The average molecular weight is 411 g/mol. The van der Waals surface area contributed by atoms with Gasteiger partial charge < -0.3 is 10.2 Å². The summed E-state index contributed by atoms with van der Waals surface area (Å²) in [7, 11) is 0. The first-order valence-electron chi connectivity index (χ1n) is 8.44. The summed E-state index contributed by atoms with van der Waals surface area (Å²) in [5.74, 6) is 1.94. The van der Waals surface area contributed by atoms with Crippen LogP contribution >= 0.6 is 22.6 Å². The van der Waals surface area contributed by atoms with Crippen molar-refractivity contribution in [2.75, 3.05) is 13.1 Å². The Morgan fingerprint density at radius 3 is 2.86 bits per heavy atom. The molecule has 3 nitrogen and oxygen atoms in total. The minimum Gasteiger partial charge on any atom is -0.354 e. The molecular formula is C18H26IN3. The number of rotatable bonds is 4. The smallest absolute Gasteiger partial charge is 0.194 e. The predicted octanol–water partition coefficient (Wildman–Crippen LogP) is 3.67. The van der Waals surface area contributed by atoms with Crippen LogP contribution in [0.1, 0.15) is 38.7 Å². The predicted molar refractivity (Wildman–Crippen MR) is 101 cm³/mol. The minimum absolute atomic E-state index is 0.467. The van der Waals surface area contributed by atoms with Crippen LogP contribution in [0.25, 0.3) is 0 Å². The van der Waals surface area contributed by atoms with E-state index in [1.807, 2.05) is 0 Å². The van der Waals surface area contributed by atoms with Crippen molar-refractivity contribution in [2.24, 2.45) is 10.9 Å². The SMILES string of the molecule is CC1CCC2CN=C(NC(C)CCc3ccc(I)cc3)N2C1. The molecule has 3 rings (SSSR count). The third-order valence-corrected chi connectivity index (χ3v) is 5.54. The third kappa shape index (κ3) is 3.94. The van der Waals surface area contributed by atoms with E-state index in [1.165, 1.54) is 28.5 Å². The fourth-order valence-electron chi connectivity index (χ4n) is 3.40. The van der Waals surface area contributed by atoms with E-state index >= 15 is 0 Å². The van der Waals surface area contributed by atoms with Crippen molar-refractivity contribution in [1.82, 2.24) is 10.2 Å². The molecule has 0 radical (unpaired) electrons. The topological polar surface area (TPSA) is 27.6 Å². The summed E-state index contributed by atoms with van der Waals surface area (Å²) in [5.41, 5.74) is 1.42. The maximum absolute atomic E-state index is 4.75. The standard InChI is InChI=1S/C18H26IN3/c1-13-3-10-17-11-20-18(22(17)12-13)21-14(2)4-5-15-6-8-16(19)9-7-15/h6-9,13-14,17H,3-5,10-12H2,1-2H3,(H,20,21). The highest BCUT2D eigenvalue weighted by Gasteiger charge is 2.32. The first-order chi connectivity index (χ1) is 10.6. The Hall–Kier alpha value is -0.780. The molecule has 4 heteroatoms. The molecule has 0 spiro atoms. The molecule has 1 aromatic rings. The van der Waals surface area contributed by atoms with Crippen molar-refractivity contribution in [1.29, 1.82) is 0 Å². The van der Waals surface area contributed by atoms with Crippen LogP contribution in [0.15, 0.2) is 29.3 Å². The van der Waals surface area contributed by atoms with Gasteiger partial charge in [-0.25, -0.2) is 0 Å². The number of hydrogen-bond acceptors (Lipinski definition) is 3. The Labute approximate surface area is 147 Å². The van der Waals surface area contributed by atoms with Gasteiger partial charge in [-0.15, -0.1) is 0 Å². The van der Waals surface area contributed by atoms with Crippen LogP contribution in [0.5, 0.6) is 0 Å². The van der Waals surface area contributed by atoms with Crippen molar-refractivity contribution in [3.8, 4) is 0 Å². The van der Waals surface area contributed by atoms with Crippen LogP contribution < -0.4 is 5.32 Å². The third-order valence-electron chi connectivity index (χ3n) is 4.82. The molecule has 0 bridgehead atoms. The second kappa shape index (κ2) is 7.20. The van der Waals surface area contributed by atoms with Gasteiger partial charge in [-0.05, 0) is 78.8 Å². The van der Waals surface area contributed by atoms with Gasteiger partial charge >= 0.3 is 0 Å². The summed E-state index contributed by atoms with van der Waals surface area (Å²) < 4.78 is 1.30. The van der Waals surface area contributed by atoms with Crippen LogP contribution in [-0.2, 0) is 6.42 Å². The van der Waals surface area contributed by atoms with E-state index < -0.39 is 0 Å². The van der Waals surface area contributed by atoms with Gasteiger partial charge in [0, 0.05) is 16.2 Å². The van der Waals surface area contributed by atoms with Crippen molar-refractivity contribution in [2.45, 2.75) is 51.6 Å². The Kier molecular flexibility index (Phi) is 5.26. The van der Waals surface area contributed by atoms with Crippen LogP contribution in [0.4, 0.5) is 0 Å². The molecule has 3 unspecified atom stereocenters. The molecule has 120 valence electrons. The Bertz CT molecular complexity index is 526. The molecule has 1 fully saturated rings. The lowest BCUT2D eigenvalue weighted by Crippen LogP contribution is -2.50. The second-order valence-corrected chi connectivity index (χ2v) is 8.11. The van der Waals surface area contributed by atoms with E-state index in [9.17, 15) is 0 Å². The largest absolute Gasteiger partial charge is 0.354 e. The molecule has 1 N–H and O–H groups in total. The number of fused-ring (bicyclic) bond motifs is 1. The number of benzene rings is 1. The first kappa shape index (κ1) is 16.1. The van der Waals surface area contributed by atoms with E-state index in [2.05, 4.69) is 70.9 Å². The molecule has 0 amide bonds. The molecule has 2 aliphatic heterocycles. The maximum Gasteiger partial charge on any atom is 0.194 e. The van der Waals surface area contributed by atoms with Gasteiger partial charge in [-0.2, -0.15) is 0 Å². The normalized spacial score (nSPS) is 25.6. The Balaban J connectivity index is 1.49. The van der Waals surface area contributed by atoms with Gasteiger partial charge in [0.2, 0.25) is 0 Å². The Morgan fingerprint density at radius 2 is 2.09 bits per heavy atom. The monoisotopic (exact) mass is 411 g/mol. The molecule has 2 heterocycles. The lowest BCUT2D eigenvalue weighted by Gasteiger charge is -2.36. The zero-order chi connectivity index (χ0) is 15.5. The maximum atomic E-state index is 4.75. The summed E-state index contributed by atoms with van der Waals surface area (Å²) in [4.78, 5) is 7.26. The van der Waals surface area contributed by atoms with Crippen molar-refractivity contribution in [3.05, 3.63) is 33.4 Å². The molecule has 3 atom stereocenters. The van der Waals surface area contributed by atoms with Crippen LogP contribution in [-0.4, -0.2) is 36.0 Å². The van der Waals surface area contributed by atoms with Gasteiger partial charge in [0.25, 0.3) is 0 Å². The zero-order valence-electron chi connectivity index (χ0n) is 13.6.